The summed E-state index contributed by atoms with van der Waals surface area (Å²) in [5, 5.41) is 5.85. The molecule has 0 aromatic heterocycles. The Bertz CT molecular complexity index is 901. The van der Waals surface area contributed by atoms with Crippen LogP contribution in [0, 0.1) is 13.8 Å². The summed E-state index contributed by atoms with van der Waals surface area (Å²) in [6, 6.07) is 11.9. The third kappa shape index (κ3) is 6.23. The van der Waals surface area contributed by atoms with Crippen molar-refractivity contribution in [3.05, 3.63) is 59.2 Å². The fourth-order valence-corrected chi connectivity index (χ4v) is 3.76. The van der Waals surface area contributed by atoms with Crippen molar-refractivity contribution < 1.29 is 13.2 Å². The van der Waals surface area contributed by atoms with Crippen LogP contribution in [-0.2, 0) is 10.0 Å². The summed E-state index contributed by atoms with van der Waals surface area (Å²) in [5.41, 5.74) is 2.27. The third-order valence-electron chi connectivity index (χ3n) is 4.07. The van der Waals surface area contributed by atoms with Gasteiger partial charge in [-0.25, -0.2) is 8.42 Å². The normalized spacial score (nSPS) is 12.0. The Hall–Kier alpha value is -2.09. The van der Waals surface area contributed by atoms with Crippen molar-refractivity contribution in [1.82, 2.24) is 10.6 Å². The highest BCUT2D eigenvalue weighted by molar-refractivity contribution is 7.92. The van der Waals surface area contributed by atoms with Crippen LogP contribution in [0.3, 0.4) is 0 Å². The SMILES string of the molecule is CNC(C)CNC(=O)c1cccc(NS(=O)(=O)c2cc(C)ccc2C)c1.Cl. The van der Waals surface area contributed by atoms with Gasteiger partial charge in [0, 0.05) is 23.8 Å². The second-order valence-electron chi connectivity index (χ2n) is 6.36. The first-order valence-corrected chi connectivity index (χ1v) is 9.87. The van der Waals surface area contributed by atoms with Gasteiger partial charge in [0.25, 0.3) is 15.9 Å². The molecule has 0 radical (unpaired) electrons. The maximum Gasteiger partial charge on any atom is 0.262 e. The third-order valence-corrected chi connectivity index (χ3v) is 5.60. The van der Waals surface area contributed by atoms with Crippen molar-refractivity contribution in [3.63, 3.8) is 0 Å². The van der Waals surface area contributed by atoms with Gasteiger partial charge in [-0.15, -0.1) is 12.4 Å². The van der Waals surface area contributed by atoms with E-state index in [0.717, 1.165) is 5.56 Å². The van der Waals surface area contributed by atoms with Crippen LogP contribution in [0.25, 0.3) is 0 Å². The summed E-state index contributed by atoms with van der Waals surface area (Å²) < 4.78 is 27.9. The Labute approximate surface area is 167 Å². The molecule has 0 heterocycles. The van der Waals surface area contributed by atoms with E-state index in [9.17, 15) is 13.2 Å². The van der Waals surface area contributed by atoms with Crippen molar-refractivity contribution in [3.8, 4) is 0 Å². The minimum atomic E-state index is -3.73. The van der Waals surface area contributed by atoms with Crippen LogP contribution in [-0.4, -0.2) is 34.0 Å². The molecule has 0 aliphatic carbocycles. The molecule has 1 unspecified atom stereocenters. The minimum Gasteiger partial charge on any atom is -0.350 e. The number of hydrogen-bond acceptors (Lipinski definition) is 4. The maximum absolute atomic E-state index is 12.7. The lowest BCUT2D eigenvalue weighted by molar-refractivity contribution is 0.0950. The molecule has 6 nitrogen and oxygen atoms in total. The number of likely N-dealkylation sites (N-methyl/N-ethyl adjacent to an activating group) is 1. The van der Waals surface area contributed by atoms with E-state index in [4.69, 9.17) is 0 Å². The molecule has 2 rings (SSSR count). The average molecular weight is 412 g/mol. The molecule has 0 fully saturated rings. The summed E-state index contributed by atoms with van der Waals surface area (Å²) in [6.07, 6.45) is 0. The van der Waals surface area contributed by atoms with Crippen molar-refractivity contribution >= 4 is 34.0 Å². The second-order valence-corrected chi connectivity index (χ2v) is 8.01. The summed E-state index contributed by atoms with van der Waals surface area (Å²) in [5.74, 6) is -0.250. The van der Waals surface area contributed by atoms with E-state index in [2.05, 4.69) is 15.4 Å². The molecule has 2 aromatic rings. The summed E-state index contributed by atoms with van der Waals surface area (Å²) in [4.78, 5) is 12.5. The quantitative estimate of drug-likeness (QED) is 0.653. The van der Waals surface area contributed by atoms with Gasteiger partial charge in [0.15, 0.2) is 0 Å². The minimum absolute atomic E-state index is 0. The Balaban J connectivity index is 0.00000364. The van der Waals surface area contributed by atoms with Crippen molar-refractivity contribution in [2.24, 2.45) is 0 Å². The van der Waals surface area contributed by atoms with Crippen LogP contribution in [0.15, 0.2) is 47.4 Å². The van der Waals surface area contributed by atoms with Crippen molar-refractivity contribution in [1.29, 1.82) is 0 Å². The number of carbonyl (C=O) groups excluding carboxylic acids is 1. The first-order chi connectivity index (χ1) is 12.2. The van der Waals surface area contributed by atoms with E-state index >= 15 is 0 Å². The van der Waals surface area contributed by atoms with Crippen molar-refractivity contribution in [2.45, 2.75) is 31.7 Å². The number of hydrogen-bond donors (Lipinski definition) is 3. The molecule has 1 atom stereocenters. The van der Waals surface area contributed by atoms with Gasteiger partial charge in [0.1, 0.15) is 0 Å². The molecule has 148 valence electrons. The molecular formula is C19H26ClN3O3S. The topological polar surface area (TPSA) is 87.3 Å². The van der Waals surface area contributed by atoms with E-state index in [0.29, 0.717) is 23.4 Å². The smallest absolute Gasteiger partial charge is 0.262 e. The van der Waals surface area contributed by atoms with Gasteiger partial charge in [-0.1, -0.05) is 18.2 Å². The Morgan fingerprint density at radius 1 is 1.11 bits per heavy atom. The fraction of sp³-hybridized carbons (Fsp3) is 0.316. The molecule has 2 aromatic carbocycles. The average Bonchev–Trinajstić information content (AvgIpc) is 2.61. The zero-order chi connectivity index (χ0) is 19.3. The number of carbonyl (C=O) groups is 1. The molecule has 1 amide bonds. The van der Waals surface area contributed by atoms with Crippen LogP contribution in [0.4, 0.5) is 5.69 Å². The highest BCUT2D eigenvalue weighted by Crippen LogP contribution is 2.21. The number of sulfonamides is 1. The Morgan fingerprint density at radius 2 is 1.81 bits per heavy atom. The lowest BCUT2D eigenvalue weighted by Crippen LogP contribution is -2.37. The predicted octanol–water partition coefficient (Wildman–Crippen LogP) is 2.86. The zero-order valence-corrected chi connectivity index (χ0v) is 17.5. The molecule has 0 bridgehead atoms. The van der Waals surface area contributed by atoms with Crippen LogP contribution in [0.2, 0.25) is 0 Å². The molecule has 3 N–H and O–H groups in total. The molecular weight excluding hydrogens is 386 g/mol. The van der Waals surface area contributed by atoms with Gasteiger partial charge < -0.3 is 10.6 Å². The van der Waals surface area contributed by atoms with Gasteiger partial charge in [0.2, 0.25) is 0 Å². The fourth-order valence-electron chi connectivity index (χ4n) is 2.38. The summed E-state index contributed by atoms with van der Waals surface area (Å²) in [6.45, 7) is 6.03. The number of benzene rings is 2. The van der Waals surface area contributed by atoms with Crippen LogP contribution < -0.4 is 15.4 Å². The number of amides is 1. The van der Waals surface area contributed by atoms with E-state index in [1.54, 1.807) is 37.3 Å². The first-order valence-electron chi connectivity index (χ1n) is 8.38. The summed E-state index contributed by atoms with van der Waals surface area (Å²) in [7, 11) is -1.91. The first kappa shape index (κ1) is 23.0. The Morgan fingerprint density at radius 3 is 2.48 bits per heavy atom. The number of aryl methyl sites for hydroxylation is 2. The zero-order valence-electron chi connectivity index (χ0n) is 15.9. The molecule has 0 aliphatic rings. The van der Waals surface area contributed by atoms with Gasteiger partial charge >= 0.3 is 0 Å². The monoisotopic (exact) mass is 411 g/mol. The summed E-state index contributed by atoms with van der Waals surface area (Å²) >= 11 is 0. The lowest BCUT2D eigenvalue weighted by atomic mass is 10.2. The Kier molecular flexibility index (Phi) is 8.27. The van der Waals surface area contributed by atoms with Crippen LogP contribution in [0.5, 0.6) is 0 Å². The van der Waals surface area contributed by atoms with Crippen molar-refractivity contribution in [2.75, 3.05) is 18.3 Å². The molecule has 0 aliphatic heterocycles. The largest absolute Gasteiger partial charge is 0.350 e. The van der Waals surface area contributed by atoms with E-state index < -0.39 is 10.0 Å². The van der Waals surface area contributed by atoms with E-state index in [1.165, 1.54) is 6.07 Å². The van der Waals surface area contributed by atoms with Gasteiger partial charge in [-0.05, 0) is 63.2 Å². The van der Waals surface area contributed by atoms with Crippen LogP contribution >= 0.6 is 12.4 Å². The van der Waals surface area contributed by atoms with E-state index in [1.807, 2.05) is 27.0 Å². The molecule has 27 heavy (non-hydrogen) atoms. The van der Waals surface area contributed by atoms with E-state index in [-0.39, 0.29) is 29.3 Å². The molecule has 0 saturated carbocycles. The highest BCUT2D eigenvalue weighted by Gasteiger charge is 2.18. The molecule has 0 spiro atoms. The van der Waals surface area contributed by atoms with Gasteiger partial charge in [-0.2, -0.15) is 0 Å². The lowest BCUT2D eigenvalue weighted by Gasteiger charge is -2.13. The second kappa shape index (κ2) is 9.73. The number of anilines is 1. The highest BCUT2D eigenvalue weighted by atomic mass is 35.5. The van der Waals surface area contributed by atoms with Gasteiger partial charge in [-0.3, -0.25) is 9.52 Å². The standard InChI is InChI=1S/C19H25N3O3S.ClH/c1-13-8-9-14(2)18(10-13)26(24,25)22-17-7-5-6-16(11-17)19(23)21-12-15(3)20-4;/h5-11,15,20,22H,12H2,1-4H3,(H,21,23);1H. The van der Waals surface area contributed by atoms with Crippen LogP contribution in [0.1, 0.15) is 28.4 Å². The number of nitrogens with one attached hydrogen (secondary N) is 3. The molecule has 0 saturated heterocycles. The maximum atomic E-state index is 12.7. The molecule has 8 heteroatoms. The number of rotatable bonds is 7. The number of halogens is 1. The van der Waals surface area contributed by atoms with Gasteiger partial charge in [0.05, 0.1) is 4.90 Å². The predicted molar refractivity (Wildman–Crippen MR) is 111 cm³/mol.